The van der Waals surface area contributed by atoms with Crippen molar-refractivity contribution in [3.05, 3.63) is 45.5 Å². The zero-order chi connectivity index (χ0) is 18.4. The van der Waals surface area contributed by atoms with Crippen LogP contribution in [0.3, 0.4) is 0 Å². The number of rotatable bonds is 5. The Kier molecular flexibility index (Phi) is 6.57. The number of aliphatic imine (C=N–C) groups is 1. The van der Waals surface area contributed by atoms with Crippen LogP contribution in [0.2, 0.25) is 4.34 Å². The smallest absolute Gasteiger partial charge is 0.289 e. The molecule has 140 valence electrons. The minimum atomic E-state index is -0.0498. The first-order valence-corrected chi connectivity index (χ1v) is 9.97. The van der Waals surface area contributed by atoms with Crippen molar-refractivity contribution in [3.8, 4) is 0 Å². The second-order valence-corrected chi connectivity index (χ2v) is 7.75. The van der Waals surface area contributed by atoms with E-state index < -0.39 is 0 Å². The number of hydrogen-bond donors (Lipinski definition) is 1. The molecular formula is C18H23ClN4O2S. The Morgan fingerprint density at radius 3 is 2.65 bits per heavy atom. The van der Waals surface area contributed by atoms with Crippen LogP contribution in [0.1, 0.15) is 22.4 Å². The highest BCUT2D eigenvalue weighted by Gasteiger charge is 2.25. The summed E-state index contributed by atoms with van der Waals surface area (Å²) < 4.78 is 6.02. The van der Waals surface area contributed by atoms with E-state index in [0.29, 0.717) is 25.4 Å². The van der Waals surface area contributed by atoms with Gasteiger partial charge in [-0.25, -0.2) is 0 Å². The maximum Gasteiger partial charge on any atom is 0.289 e. The third kappa shape index (κ3) is 4.80. The molecule has 0 aliphatic carbocycles. The van der Waals surface area contributed by atoms with E-state index >= 15 is 0 Å². The molecule has 0 aromatic carbocycles. The molecule has 3 rings (SSSR count). The van der Waals surface area contributed by atoms with E-state index in [1.165, 1.54) is 11.1 Å². The Hall–Kier alpha value is -1.99. The molecule has 1 aliphatic heterocycles. The first-order chi connectivity index (χ1) is 12.7. The van der Waals surface area contributed by atoms with Gasteiger partial charge in [-0.2, -0.15) is 0 Å². The zero-order valence-electron chi connectivity index (χ0n) is 14.8. The maximum absolute atomic E-state index is 12.4. The third-order valence-corrected chi connectivity index (χ3v) is 5.47. The van der Waals surface area contributed by atoms with Gasteiger partial charge >= 0.3 is 0 Å². The number of nitrogens with zero attached hydrogens (tertiary/aromatic N) is 3. The first-order valence-electron chi connectivity index (χ1n) is 8.77. The lowest BCUT2D eigenvalue weighted by atomic mass is 10.3. The van der Waals surface area contributed by atoms with Gasteiger partial charge in [0.1, 0.15) is 0 Å². The number of amides is 1. The average Bonchev–Trinajstić information content (AvgIpc) is 3.32. The van der Waals surface area contributed by atoms with Crippen LogP contribution in [0.5, 0.6) is 0 Å². The summed E-state index contributed by atoms with van der Waals surface area (Å²) in [7, 11) is 0. The van der Waals surface area contributed by atoms with Crippen LogP contribution in [0.25, 0.3) is 0 Å². The molecule has 0 radical (unpaired) electrons. The molecule has 8 heteroatoms. The van der Waals surface area contributed by atoms with Crippen LogP contribution < -0.4 is 5.32 Å². The van der Waals surface area contributed by atoms with Crippen molar-refractivity contribution in [2.75, 3.05) is 39.3 Å². The summed E-state index contributed by atoms with van der Waals surface area (Å²) in [5.74, 6) is 1.25. The molecule has 2 aromatic rings. The van der Waals surface area contributed by atoms with Crippen molar-refractivity contribution in [1.82, 2.24) is 15.1 Å². The molecule has 6 nitrogen and oxygen atoms in total. The van der Waals surface area contributed by atoms with Gasteiger partial charge in [0.25, 0.3) is 5.91 Å². The lowest BCUT2D eigenvalue weighted by Crippen LogP contribution is -2.53. The summed E-state index contributed by atoms with van der Waals surface area (Å²) >= 11 is 7.57. The Labute approximate surface area is 162 Å². The Morgan fingerprint density at radius 1 is 1.27 bits per heavy atom. The predicted molar refractivity (Wildman–Crippen MR) is 105 cm³/mol. The molecular weight excluding hydrogens is 372 g/mol. The molecule has 1 aliphatic rings. The van der Waals surface area contributed by atoms with E-state index in [9.17, 15) is 4.79 Å². The van der Waals surface area contributed by atoms with E-state index in [-0.39, 0.29) is 5.91 Å². The van der Waals surface area contributed by atoms with Crippen LogP contribution in [-0.4, -0.2) is 60.9 Å². The quantitative estimate of drug-likeness (QED) is 0.625. The van der Waals surface area contributed by atoms with Gasteiger partial charge in [0.05, 0.1) is 10.6 Å². The van der Waals surface area contributed by atoms with Gasteiger partial charge in [0.2, 0.25) is 0 Å². The van der Waals surface area contributed by atoms with Gasteiger partial charge in [0, 0.05) is 50.6 Å². The Bertz CT molecular complexity index is 736. The van der Waals surface area contributed by atoms with Crippen molar-refractivity contribution in [3.63, 3.8) is 0 Å². The Morgan fingerprint density at radius 2 is 2.04 bits per heavy atom. The molecule has 26 heavy (non-hydrogen) atoms. The molecule has 1 amide bonds. The maximum atomic E-state index is 12.4. The van der Waals surface area contributed by atoms with E-state index in [4.69, 9.17) is 21.0 Å². The highest BCUT2D eigenvalue weighted by atomic mass is 35.5. The molecule has 2 aromatic heterocycles. The molecule has 3 heterocycles. The minimum absolute atomic E-state index is 0.0498. The summed E-state index contributed by atoms with van der Waals surface area (Å²) in [6.07, 6.45) is 2.41. The monoisotopic (exact) mass is 394 g/mol. The number of carbonyl (C=O) groups excluding carboxylic acids is 1. The standard InChI is InChI=1S/C18H23ClN4O2S/c1-2-20-18(21-8-7-14-5-6-16(19)26-14)23-11-9-22(10-12-23)17(24)15-4-3-13-25-15/h3-6,13H,2,7-12H2,1H3,(H,20,21). The highest BCUT2D eigenvalue weighted by molar-refractivity contribution is 7.16. The third-order valence-electron chi connectivity index (χ3n) is 4.18. The second kappa shape index (κ2) is 9.09. The van der Waals surface area contributed by atoms with E-state index in [1.807, 2.05) is 11.0 Å². The average molecular weight is 395 g/mol. The number of carbonyl (C=O) groups is 1. The van der Waals surface area contributed by atoms with E-state index in [2.05, 4.69) is 23.2 Å². The SMILES string of the molecule is CCNC(=NCCc1ccc(Cl)s1)N1CCN(C(=O)c2ccco2)CC1. The van der Waals surface area contributed by atoms with E-state index in [0.717, 1.165) is 36.4 Å². The summed E-state index contributed by atoms with van der Waals surface area (Å²) in [6.45, 7) is 6.41. The number of furan rings is 1. The summed E-state index contributed by atoms with van der Waals surface area (Å²) in [4.78, 5) is 22.4. The molecule has 1 saturated heterocycles. The second-order valence-electron chi connectivity index (χ2n) is 5.95. The zero-order valence-corrected chi connectivity index (χ0v) is 16.4. The molecule has 0 saturated carbocycles. The lowest BCUT2D eigenvalue weighted by Gasteiger charge is -2.36. The van der Waals surface area contributed by atoms with Gasteiger partial charge in [-0.3, -0.25) is 9.79 Å². The molecule has 0 unspecified atom stereocenters. The molecule has 1 fully saturated rings. The largest absolute Gasteiger partial charge is 0.459 e. The van der Waals surface area contributed by atoms with Crippen LogP contribution in [-0.2, 0) is 6.42 Å². The van der Waals surface area contributed by atoms with E-state index in [1.54, 1.807) is 23.5 Å². The molecule has 0 atom stereocenters. The van der Waals surface area contributed by atoms with Gasteiger partial charge in [-0.1, -0.05) is 11.6 Å². The summed E-state index contributed by atoms with van der Waals surface area (Å²) in [6, 6.07) is 7.41. The van der Waals surface area contributed by atoms with Crippen LogP contribution in [0, 0.1) is 0 Å². The van der Waals surface area contributed by atoms with Crippen molar-refractivity contribution in [2.45, 2.75) is 13.3 Å². The predicted octanol–water partition coefficient (Wildman–Crippen LogP) is 2.96. The fourth-order valence-electron chi connectivity index (χ4n) is 2.86. The number of hydrogen-bond acceptors (Lipinski definition) is 4. The number of thiophene rings is 1. The van der Waals surface area contributed by atoms with Crippen LogP contribution in [0.4, 0.5) is 0 Å². The number of nitrogens with one attached hydrogen (secondary N) is 1. The van der Waals surface area contributed by atoms with Gasteiger partial charge in [-0.05, 0) is 31.2 Å². The normalized spacial score (nSPS) is 15.4. The molecule has 0 bridgehead atoms. The lowest BCUT2D eigenvalue weighted by molar-refractivity contribution is 0.0657. The first kappa shape index (κ1) is 18.8. The van der Waals surface area contributed by atoms with Gasteiger partial charge in [-0.15, -0.1) is 11.3 Å². The van der Waals surface area contributed by atoms with Crippen molar-refractivity contribution < 1.29 is 9.21 Å². The Balaban J connectivity index is 1.54. The summed E-state index contributed by atoms with van der Waals surface area (Å²) in [5, 5.41) is 3.35. The molecule has 1 N–H and O–H groups in total. The summed E-state index contributed by atoms with van der Waals surface area (Å²) in [5.41, 5.74) is 0. The highest BCUT2D eigenvalue weighted by Crippen LogP contribution is 2.21. The topological polar surface area (TPSA) is 61.1 Å². The van der Waals surface area contributed by atoms with Gasteiger partial charge < -0.3 is 19.5 Å². The van der Waals surface area contributed by atoms with Crippen LogP contribution >= 0.6 is 22.9 Å². The number of guanidine groups is 1. The fourth-order valence-corrected chi connectivity index (χ4v) is 3.94. The van der Waals surface area contributed by atoms with Crippen molar-refractivity contribution >= 4 is 34.8 Å². The van der Waals surface area contributed by atoms with Crippen LogP contribution in [0.15, 0.2) is 39.9 Å². The number of halogens is 1. The number of piperazine rings is 1. The fraction of sp³-hybridized carbons (Fsp3) is 0.444. The molecule has 0 spiro atoms. The van der Waals surface area contributed by atoms with Gasteiger partial charge in [0.15, 0.2) is 11.7 Å². The minimum Gasteiger partial charge on any atom is -0.459 e. The van der Waals surface area contributed by atoms with Crippen molar-refractivity contribution in [1.29, 1.82) is 0 Å². The van der Waals surface area contributed by atoms with Crippen molar-refractivity contribution in [2.24, 2.45) is 4.99 Å².